The first-order valence-corrected chi connectivity index (χ1v) is 7.18. The number of carboxylic acids is 1. The number of benzene rings is 1. The van der Waals surface area contributed by atoms with Gasteiger partial charge in [0.2, 0.25) is 0 Å². The van der Waals surface area contributed by atoms with Gasteiger partial charge in [0.15, 0.2) is 0 Å². The Morgan fingerprint density at radius 1 is 1.33 bits per heavy atom. The summed E-state index contributed by atoms with van der Waals surface area (Å²) in [6.45, 7) is 1.46. The molecule has 0 bridgehead atoms. The smallest absolute Gasteiger partial charge is 0.326 e. The lowest BCUT2D eigenvalue weighted by Crippen LogP contribution is -2.27. The third-order valence-corrected chi connectivity index (χ3v) is 4.40. The monoisotopic (exact) mass is 300 g/mol. The number of aliphatic carboxylic acids is 1. The summed E-state index contributed by atoms with van der Waals surface area (Å²) in [7, 11) is 0. The molecule has 1 N–H and O–H groups in total. The molecule has 0 saturated heterocycles. The van der Waals surface area contributed by atoms with Crippen LogP contribution in [0.1, 0.15) is 13.0 Å². The second kappa shape index (κ2) is 5.14. The van der Waals surface area contributed by atoms with Gasteiger partial charge in [0.25, 0.3) is 5.56 Å². The van der Waals surface area contributed by atoms with Gasteiger partial charge in [0.05, 0.1) is 11.7 Å². The summed E-state index contributed by atoms with van der Waals surface area (Å²) in [5, 5.41) is 9.48. The Bertz CT molecular complexity index is 868. The molecule has 1 unspecified atom stereocenters. The average molecular weight is 300 g/mol. The van der Waals surface area contributed by atoms with Gasteiger partial charge in [0, 0.05) is 4.88 Å². The van der Waals surface area contributed by atoms with Crippen LogP contribution < -0.4 is 5.56 Å². The molecule has 0 fully saturated rings. The highest BCUT2D eigenvalue weighted by molar-refractivity contribution is 7.21. The Kier molecular flexibility index (Phi) is 3.31. The van der Waals surface area contributed by atoms with Crippen LogP contribution in [-0.4, -0.2) is 20.6 Å². The van der Waals surface area contributed by atoms with E-state index in [1.807, 2.05) is 30.3 Å². The maximum Gasteiger partial charge on any atom is 0.326 e. The van der Waals surface area contributed by atoms with Gasteiger partial charge in [-0.05, 0) is 18.6 Å². The fraction of sp³-hybridized carbons (Fsp3) is 0.133. The third kappa shape index (κ3) is 2.34. The average Bonchev–Trinajstić information content (AvgIpc) is 2.93. The van der Waals surface area contributed by atoms with Crippen molar-refractivity contribution in [2.75, 3.05) is 0 Å². The van der Waals surface area contributed by atoms with Crippen LogP contribution in [0.25, 0.3) is 20.7 Å². The number of thiophene rings is 1. The molecule has 1 aromatic carbocycles. The maximum atomic E-state index is 12.4. The van der Waals surface area contributed by atoms with E-state index in [4.69, 9.17) is 5.11 Å². The third-order valence-electron chi connectivity index (χ3n) is 3.31. The van der Waals surface area contributed by atoms with E-state index in [-0.39, 0.29) is 5.56 Å². The largest absolute Gasteiger partial charge is 0.480 e. The summed E-state index contributed by atoms with van der Waals surface area (Å²) in [6, 6.07) is 10.5. The van der Waals surface area contributed by atoms with Crippen LogP contribution in [0.5, 0.6) is 0 Å². The summed E-state index contributed by atoms with van der Waals surface area (Å²) in [5.74, 6) is -1.06. The minimum absolute atomic E-state index is 0.326. The summed E-state index contributed by atoms with van der Waals surface area (Å²) in [6.07, 6.45) is 1.30. The van der Waals surface area contributed by atoms with E-state index in [9.17, 15) is 9.59 Å². The maximum absolute atomic E-state index is 12.4. The van der Waals surface area contributed by atoms with E-state index >= 15 is 0 Å². The number of carbonyl (C=O) groups is 1. The normalized spacial score (nSPS) is 12.4. The van der Waals surface area contributed by atoms with Crippen molar-refractivity contribution >= 4 is 27.5 Å². The van der Waals surface area contributed by atoms with Crippen LogP contribution in [0.15, 0.2) is 47.5 Å². The minimum Gasteiger partial charge on any atom is -0.480 e. The number of hydrogen-bond donors (Lipinski definition) is 1. The SMILES string of the molecule is CC(C(=O)O)n1cnc2sc(-c3ccccc3)cc2c1=O. The standard InChI is InChI=1S/C15H12N2O3S/c1-9(15(19)20)17-8-16-13-11(14(17)18)7-12(21-13)10-5-3-2-4-6-10/h2-9H,1H3,(H,19,20). The van der Waals surface area contributed by atoms with E-state index in [0.717, 1.165) is 15.0 Å². The fourth-order valence-corrected chi connectivity index (χ4v) is 3.07. The molecule has 0 aliphatic carbocycles. The van der Waals surface area contributed by atoms with Crippen LogP contribution in [0.4, 0.5) is 0 Å². The Balaban J connectivity index is 2.17. The summed E-state index contributed by atoms with van der Waals surface area (Å²) in [5.41, 5.74) is 0.686. The van der Waals surface area contributed by atoms with Crippen molar-refractivity contribution in [2.24, 2.45) is 0 Å². The minimum atomic E-state index is -1.06. The molecule has 0 spiro atoms. The number of aromatic nitrogens is 2. The highest BCUT2D eigenvalue weighted by Gasteiger charge is 2.17. The van der Waals surface area contributed by atoms with Crippen molar-refractivity contribution < 1.29 is 9.90 Å². The zero-order valence-electron chi connectivity index (χ0n) is 11.2. The molecular formula is C15H12N2O3S. The highest BCUT2D eigenvalue weighted by Crippen LogP contribution is 2.30. The van der Waals surface area contributed by atoms with Crippen LogP contribution in [0, 0.1) is 0 Å². The Morgan fingerprint density at radius 3 is 2.71 bits per heavy atom. The quantitative estimate of drug-likeness (QED) is 0.807. The molecule has 0 amide bonds. The van der Waals surface area contributed by atoms with Gasteiger partial charge >= 0.3 is 5.97 Å². The molecule has 3 rings (SSSR count). The Labute approximate surface area is 124 Å². The van der Waals surface area contributed by atoms with E-state index in [1.165, 1.54) is 24.6 Å². The van der Waals surface area contributed by atoms with E-state index in [1.54, 1.807) is 6.07 Å². The zero-order valence-corrected chi connectivity index (χ0v) is 12.0. The van der Waals surface area contributed by atoms with Crippen molar-refractivity contribution in [2.45, 2.75) is 13.0 Å². The molecule has 0 radical (unpaired) electrons. The van der Waals surface area contributed by atoms with Crippen molar-refractivity contribution in [1.82, 2.24) is 9.55 Å². The predicted octanol–water partition coefficient (Wildman–Crippen LogP) is 2.77. The van der Waals surface area contributed by atoms with Crippen LogP contribution >= 0.6 is 11.3 Å². The molecule has 106 valence electrons. The first-order valence-electron chi connectivity index (χ1n) is 6.37. The molecule has 0 aliphatic heterocycles. The van der Waals surface area contributed by atoms with Gasteiger partial charge in [-0.3, -0.25) is 9.36 Å². The summed E-state index contributed by atoms with van der Waals surface area (Å²) < 4.78 is 1.14. The number of fused-ring (bicyclic) bond motifs is 1. The lowest BCUT2D eigenvalue weighted by molar-refractivity contribution is -0.140. The van der Waals surface area contributed by atoms with Gasteiger partial charge in [-0.25, -0.2) is 9.78 Å². The van der Waals surface area contributed by atoms with Crippen LogP contribution in [0.2, 0.25) is 0 Å². The molecule has 2 aromatic heterocycles. The summed E-state index contributed by atoms with van der Waals surface area (Å²) in [4.78, 5) is 29.2. The molecule has 0 aliphatic rings. The van der Waals surface area contributed by atoms with E-state index in [0.29, 0.717) is 10.2 Å². The molecule has 3 aromatic rings. The molecule has 0 saturated carbocycles. The Morgan fingerprint density at radius 2 is 2.05 bits per heavy atom. The van der Waals surface area contributed by atoms with Gasteiger partial charge in [-0.2, -0.15) is 0 Å². The number of rotatable bonds is 3. The second-order valence-corrected chi connectivity index (χ2v) is 5.70. The summed E-state index contributed by atoms with van der Waals surface area (Å²) >= 11 is 1.42. The molecule has 5 nitrogen and oxygen atoms in total. The molecule has 1 atom stereocenters. The highest BCUT2D eigenvalue weighted by atomic mass is 32.1. The predicted molar refractivity (Wildman–Crippen MR) is 81.7 cm³/mol. The topological polar surface area (TPSA) is 72.2 Å². The number of nitrogens with zero attached hydrogens (tertiary/aromatic N) is 2. The Hall–Kier alpha value is -2.47. The molecular weight excluding hydrogens is 288 g/mol. The fourth-order valence-electron chi connectivity index (χ4n) is 2.08. The second-order valence-electron chi connectivity index (χ2n) is 4.67. The van der Waals surface area contributed by atoms with E-state index < -0.39 is 12.0 Å². The molecule has 2 heterocycles. The van der Waals surface area contributed by atoms with Gasteiger partial charge in [-0.1, -0.05) is 30.3 Å². The molecule has 21 heavy (non-hydrogen) atoms. The van der Waals surface area contributed by atoms with Crippen molar-refractivity contribution in [1.29, 1.82) is 0 Å². The van der Waals surface area contributed by atoms with Crippen molar-refractivity contribution in [3.63, 3.8) is 0 Å². The lowest BCUT2D eigenvalue weighted by atomic mass is 10.2. The lowest BCUT2D eigenvalue weighted by Gasteiger charge is -2.08. The van der Waals surface area contributed by atoms with Crippen molar-refractivity contribution in [3.8, 4) is 10.4 Å². The molecule has 6 heteroatoms. The van der Waals surface area contributed by atoms with Gasteiger partial charge in [-0.15, -0.1) is 11.3 Å². The number of carboxylic acid groups (broad SMARTS) is 1. The van der Waals surface area contributed by atoms with Gasteiger partial charge < -0.3 is 5.11 Å². The van der Waals surface area contributed by atoms with Crippen LogP contribution in [0.3, 0.4) is 0 Å². The van der Waals surface area contributed by atoms with Crippen LogP contribution in [-0.2, 0) is 4.79 Å². The van der Waals surface area contributed by atoms with Crippen molar-refractivity contribution in [3.05, 3.63) is 53.1 Å². The number of hydrogen-bond acceptors (Lipinski definition) is 4. The first-order chi connectivity index (χ1) is 10.1. The van der Waals surface area contributed by atoms with E-state index in [2.05, 4.69) is 4.98 Å². The first kappa shape index (κ1) is 13.5. The van der Waals surface area contributed by atoms with Gasteiger partial charge in [0.1, 0.15) is 10.9 Å². The zero-order chi connectivity index (χ0) is 15.0.